The Morgan fingerprint density at radius 1 is 1.19 bits per heavy atom. The van der Waals surface area contributed by atoms with Gasteiger partial charge in [0.1, 0.15) is 6.10 Å². The Hall–Kier alpha value is -1.30. The number of morpholine rings is 1. The van der Waals surface area contributed by atoms with E-state index < -0.39 is 0 Å². The zero-order valence-corrected chi connectivity index (χ0v) is 12.7. The maximum Gasteiger partial charge on any atom is 0.253 e. The number of nitrogens with one attached hydrogen (secondary N) is 1. The highest BCUT2D eigenvalue weighted by atomic mass is 35.5. The van der Waals surface area contributed by atoms with Crippen LogP contribution in [-0.4, -0.2) is 62.8 Å². The lowest BCUT2D eigenvalue weighted by Gasteiger charge is -2.38. The Balaban J connectivity index is 1.54. The Morgan fingerprint density at radius 3 is 2.52 bits per heavy atom. The summed E-state index contributed by atoms with van der Waals surface area (Å²) in [5, 5.41) is 3.94. The predicted octanol–water partition coefficient (Wildman–Crippen LogP) is 0.977. The van der Waals surface area contributed by atoms with Gasteiger partial charge in [-0.15, -0.1) is 0 Å². The van der Waals surface area contributed by atoms with Crippen LogP contribution in [0, 0.1) is 0 Å². The molecule has 21 heavy (non-hydrogen) atoms. The molecule has 1 aromatic carbocycles. The molecule has 2 aliphatic heterocycles. The number of carbonyl (C=O) groups is 1. The zero-order valence-electron chi connectivity index (χ0n) is 11.9. The lowest BCUT2D eigenvalue weighted by Crippen LogP contribution is -2.55. The van der Waals surface area contributed by atoms with Gasteiger partial charge in [-0.1, -0.05) is 11.6 Å². The number of nitrogens with zero attached hydrogens (tertiary/aromatic N) is 2. The predicted molar refractivity (Wildman–Crippen MR) is 82.9 cm³/mol. The van der Waals surface area contributed by atoms with Crippen molar-refractivity contribution in [3.63, 3.8) is 0 Å². The van der Waals surface area contributed by atoms with Crippen LogP contribution in [0.3, 0.4) is 0 Å². The van der Waals surface area contributed by atoms with Crippen molar-refractivity contribution in [2.45, 2.75) is 6.10 Å². The van der Waals surface area contributed by atoms with Crippen LogP contribution in [0.5, 0.6) is 0 Å². The van der Waals surface area contributed by atoms with Gasteiger partial charge in [0.15, 0.2) is 0 Å². The van der Waals surface area contributed by atoms with Crippen LogP contribution in [0.4, 0.5) is 5.69 Å². The van der Waals surface area contributed by atoms with E-state index in [4.69, 9.17) is 16.3 Å². The van der Waals surface area contributed by atoms with E-state index in [0.717, 1.165) is 43.4 Å². The summed E-state index contributed by atoms with van der Waals surface area (Å²) < 4.78 is 5.54. The SMILES string of the molecule is O=C(C1CNCCO1)N1CCN(c2ccc(Cl)cc2)CC1. The second-order valence-corrected chi connectivity index (χ2v) is 5.79. The largest absolute Gasteiger partial charge is 0.368 e. The van der Waals surface area contributed by atoms with Crippen molar-refractivity contribution in [1.82, 2.24) is 10.2 Å². The van der Waals surface area contributed by atoms with Crippen LogP contribution < -0.4 is 10.2 Å². The molecule has 5 nitrogen and oxygen atoms in total. The summed E-state index contributed by atoms with van der Waals surface area (Å²) in [5.41, 5.74) is 1.15. The van der Waals surface area contributed by atoms with Crippen LogP contribution >= 0.6 is 11.6 Å². The monoisotopic (exact) mass is 309 g/mol. The summed E-state index contributed by atoms with van der Waals surface area (Å²) in [6.45, 7) is 5.22. The molecule has 1 atom stereocenters. The first-order chi connectivity index (χ1) is 10.2. The van der Waals surface area contributed by atoms with E-state index in [0.29, 0.717) is 13.2 Å². The molecule has 1 N–H and O–H groups in total. The van der Waals surface area contributed by atoms with Crippen molar-refractivity contribution in [3.8, 4) is 0 Å². The molecule has 0 radical (unpaired) electrons. The minimum Gasteiger partial charge on any atom is -0.368 e. The van der Waals surface area contributed by atoms with Crippen LogP contribution in [0.15, 0.2) is 24.3 Å². The molecular weight excluding hydrogens is 290 g/mol. The van der Waals surface area contributed by atoms with Crippen molar-refractivity contribution in [2.24, 2.45) is 0 Å². The highest BCUT2D eigenvalue weighted by molar-refractivity contribution is 6.30. The number of hydrogen-bond donors (Lipinski definition) is 1. The maximum atomic E-state index is 12.4. The Labute approximate surface area is 129 Å². The fraction of sp³-hybridized carbons (Fsp3) is 0.533. The van der Waals surface area contributed by atoms with Gasteiger partial charge < -0.3 is 19.9 Å². The van der Waals surface area contributed by atoms with Gasteiger partial charge in [0, 0.05) is 50.0 Å². The van der Waals surface area contributed by atoms with E-state index in [9.17, 15) is 4.79 Å². The molecule has 1 unspecified atom stereocenters. The molecule has 2 saturated heterocycles. The first-order valence-corrected chi connectivity index (χ1v) is 7.73. The minimum atomic E-state index is -0.319. The van der Waals surface area contributed by atoms with E-state index in [2.05, 4.69) is 10.2 Å². The van der Waals surface area contributed by atoms with Gasteiger partial charge in [0.2, 0.25) is 0 Å². The lowest BCUT2D eigenvalue weighted by molar-refractivity contribution is -0.145. The van der Waals surface area contributed by atoms with Gasteiger partial charge >= 0.3 is 0 Å². The van der Waals surface area contributed by atoms with Crippen LogP contribution in [0.1, 0.15) is 0 Å². The number of hydrogen-bond acceptors (Lipinski definition) is 4. The van der Waals surface area contributed by atoms with Gasteiger partial charge in [0.25, 0.3) is 5.91 Å². The second-order valence-electron chi connectivity index (χ2n) is 5.35. The number of ether oxygens (including phenoxy) is 1. The third-order valence-corrected chi connectivity index (χ3v) is 4.24. The lowest BCUT2D eigenvalue weighted by atomic mass is 10.2. The molecule has 1 amide bonds. The number of halogens is 1. The van der Waals surface area contributed by atoms with Gasteiger partial charge in [-0.25, -0.2) is 0 Å². The third-order valence-electron chi connectivity index (χ3n) is 3.99. The van der Waals surface area contributed by atoms with Crippen LogP contribution in [0.25, 0.3) is 0 Å². The normalized spacial score (nSPS) is 23.2. The van der Waals surface area contributed by atoms with E-state index in [1.54, 1.807) is 0 Å². The molecule has 2 aliphatic rings. The molecule has 6 heteroatoms. The third kappa shape index (κ3) is 3.48. The standard InChI is InChI=1S/C15H20ClN3O2/c16-12-1-3-13(4-2-12)18-6-8-19(9-7-18)15(20)14-11-17-5-10-21-14/h1-4,14,17H,5-11H2. The molecule has 0 aliphatic carbocycles. The summed E-state index contributed by atoms with van der Waals surface area (Å²) in [4.78, 5) is 16.6. The number of rotatable bonds is 2. The zero-order chi connectivity index (χ0) is 14.7. The average molecular weight is 310 g/mol. The smallest absolute Gasteiger partial charge is 0.253 e. The Kier molecular flexibility index (Phi) is 4.63. The fourth-order valence-corrected chi connectivity index (χ4v) is 2.89. The van der Waals surface area contributed by atoms with Crippen molar-refractivity contribution in [3.05, 3.63) is 29.3 Å². The molecule has 0 aromatic heterocycles. The average Bonchev–Trinajstić information content (AvgIpc) is 2.56. The summed E-state index contributed by atoms with van der Waals surface area (Å²) in [7, 11) is 0. The summed E-state index contributed by atoms with van der Waals surface area (Å²) in [5.74, 6) is 0.109. The molecule has 0 bridgehead atoms. The number of carbonyl (C=O) groups excluding carboxylic acids is 1. The molecule has 1 aromatic rings. The number of anilines is 1. The first kappa shape index (κ1) is 14.6. The van der Waals surface area contributed by atoms with E-state index >= 15 is 0 Å². The Morgan fingerprint density at radius 2 is 1.90 bits per heavy atom. The van der Waals surface area contributed by atoms with Crippen molar-refractivity contribution in [1.29, 1.82) is 0 Å². The molecule has 2 heterocycles. The number of benzene rings is 1. The summed E-state index contributed by atoms with van der Waals surface area (Å²) in [6.07, 6.45) is -0.319. The quantitative estimate of drug-likeness (QED) is 0.884. The topological polar surface area (TPSA) is 44.8 Å². The maximum absolute atomic E-state index is 12.4. The molecule has 3 rings (SSSR count). The minimum absolute atomic E-state index is 0.109. The molecule has 0 spiro atoms. The van der Waals surface area contributed by atoms with Gasteiger partial charge in [-0.2, -0.15) is 0 Å². The van der Waals surface area contributed by atoms with Crippen molar-refractivity contribution in [2.75, 3.05) is 50.8 Å². The van der Waals surface area contributed by atoms with Crippen molar-refractivity contribution >= 4 is 23.2 Å². The second kappa shape index (κ2) is 6.64. The summed E-state index contributed by atoms with van der Waals surface area (Å²) in [6, 6.07) is 7.84. The Bertz CT molecular complexity index is 480. The van der Waals surface area contributed by atoms with Gasteiger partial charge in [-0.05, 0) is 24.3 Å². The number of piperazine rings is 1. The molecular formula is C15H20ClN3O2. The van der Waals surface area contributed by atoms with E-state index in [1.807, 2.05) is 29.2 Å². The molecule has 0 saturated carbocycles. The van der Waals surface area contributed by atoms with Crippen LogP contribution in [-0.2, 0) is 9.53 Å². The van der Waals surface area contributed by atoms with Crippen LogP contribution in [0.2, 0.25) is 5.02 Å². The number of amides is 1. The summed E-state index contributed by atoms with van der Waals surface area (Å²) >= 11 is 5.91. The first-order valence-electron chi connectivity index (χ1n) is 7.36. The highest BCUT2D eigenvalue weighted by Crippen LogP contribution is 2.19. The van der Waals surface area contributed by atoms with E-state index in [-0.39, 0.29) is 12.0 Å². The molecule has 114 valence electrons. The van der Waals surface area contributed by atoms with Gasteiger partial charge in [0.05, 0.1) is 6.61 Å². The fourth-order valence-electron chi connectivity index (χ4n) is 2.76. The van der Waals surface area contributed by atoms with E-state index in [1.165, 1.54) is 0 Å². The van der Waals surface area contributed by atoms with Gasteiger partial charge in [-0.3, -0.25) is 4.79 Å². The van der Waals surface area contributed by atoms with Crippen molar-refractivity contribution < 1.29 is 9.53 Å². The molecule has 2 fully saturated rings. The highest BCUT2D eigenvalue weighted by Gasteiger charge is 2.29.